The second-order valence-electron chi connectivity index (χ2n) is 4.47. The number of hydrogen-bond donors (Lipinski definition) is 1. The zero-order chi connectivity index (χ0) is 11.0. The number of halogens is 1. The van der Waals surface area contributed by atoms with Crippen LogP contribution in [0.3, 0.4) is 0 Å². The molecule has 13 heavy (non-hydrogen) atoms. The van der Waals surface area contributed by atoms with Gasteiger partial charge < -0.3 is 31.3 Å². The molecule has 4 heteroatoms. The highest BCUT2D eigenvalue weighted by Crippen LogP contribution is 2.48. The monoisotopic (exact) mass is 252 g/mol. The molecule has 1 unspecified atom stereocenters. The van der Waals surface area contributed by atoms with Crippen LogP contribution in [-0.2, 0) is 4.74 Å². The molecule has 0 aromatic heterocycles. The molecule has 4 aliphatic rings. The van der Waals surface area contributed by atoms with Crippen LogP contribution in [0, 0.1) is 0 Å². The molecule has 0 radical (unpaired) electrons. The summed E-state index contributed by atoms with van der Waals surface area (Å²) in [5, 5.41) is 10.0. The van der Waals surface area contributed by atoms with Gasteiger partial charge in [-0.2, -0.15) is 0 Å². The molecule has 0 spiro atoms. The summed E-state index contributed by atoms with van der Waals surface area (Å²) in [5.74, 6) is 0. The van der Waals surface area contributed by atoms with E-state index in [9.17, 15) is 5.11 Å². The standard InChI is InChI=1S/C9H16NO2.BrH/c1-10(2)6-3-5-4-7(10)9(12-5)8(6)11;/h5-9,11H,3-4H2,1-2H3;1H/q+1;/p-1/t5-,6-,7+,8-,9-;/m1./s1/i1D3;/t5-,6-,7+,8-,9-,10?;. The lowest BCUT2D eigenvalue weighted by atomic mass is 9.98. The molecular formula is C9H16BrNO2. The summed E-state index contributed by atoms with van der Waals surface area (Å²) < 4.78 is 28.6. The highest BCUT2D eigenvalue weighted by atomic mass is 79.9. The van der Waals surface area contributed by atoms with Crippen LogP contribution in [-0.4, -0.2) is 54.0 Å². The van der Waals surface area contributed by atoms with Gasteiger partial charge in [-0.05, 0) is 0 Å². The van der Waals surface area contributed by atoms with Crippen molar-refractivity contribution < 1.29 is 35.4 Å². The largest absolute Gasteiger partial charge is 1.00 e. The topological polar surface area (TPSA) is 29.5 Å². The van der Waals surface area contributed by atoms with Gasteiger partial charge in [0.05, 0.1) is 24.2 Å². The van der Waals surface area contributed by atoms with Crippen LogP contribution in [0.4, 0.5) is 0 Å². The molecule has 0 aromatic rings. The Balaban J connectivity index is 0.000000963. The average molecular weight is 253 g/mol. The van der Waals surface area contributed by atoms with Crippen LogP contribution >= 0.6 is 0 Å². The van der Waals surface area contributed by atoms with Crippen LogP contribution in [0.25, 0.3) is 0 Å². The maximum Gasteiger partial charge on any atom is 0.141 e. The number of nitrogens with zero attached hydrogens (tertiary/aromatic N) is 1. The van der Waals surface area contributed by atoms with Gasteiger partial charge >= 0.3 is 0 Å². The number of hydrogen-bond acceptors (Lipinski definition) is 2. The first-order valence-corrected chi connectivity index (χ1v) is 4.55. The maximum absolute atomic E-state index is 10.0. The van der Waals surface area contributed by atoms with Gasteiger partial charge in [0.25, 0.3) is 0 Å². The Kier molecular flexibility index (Phi) is 1.40. The molecule has 76 valence electrons. The Morgan fingerprint density at radius 1 is 1.46 bits per heavy atom. The predicted octanol–water partition coefficient (Wildman–Crippen LogP) is -3.26. The molecule has 4 saturated heterocycles. The Morgan fingerprint density at radius 2 is 2.15 bits per heavy atom. The first-order valence-electron chi connectivity index (χ1n) is 6.05. The summed E-state index contributed by atoms with van der Waals surface area (Å²) in [6.45, 7) is -2.05. The second kappa shape index (κ2) is 2.69. The third-order valence-electron chi connectivity index (χ3n) is 3.85. The summed E-state index contributed by atoms with van der Waals surface area (Å²) in [4.78, 5) is 0. The van der Waals surface area contributed by atoms with E-state index in [0.717, 1.165) is 6.42 Å². The minimum Gasteiger partial charge on any atom is -1.00 e. The van der Waals surface area contributed by atoms with Gasteiger partial charge in [-0.25, -0.2) is 0 Å². The van der Waals surface area contributed by atoms with Gasteiger partial charge in [0.1, 0.15) is 24.3 Å². The zero-order valence-corrected chi connectivity index (χ0v) is 9.07. The van der Waals surface area contributed by atoms with E-state index in [0.29, 0.717) is 6.42 Å². The van der Waals surface area contributed by atoms with Crippen molar-refractivity contribution in [3.63, 3.8) is 0 Å². The number of aliphatic hydroxyl groups excluding tert-OH is 1. The first kappa shape index (κ1) is 6.77. The van der Waals surface area contributed by atoms with Crippen molar-refractivity contribution in [2.45, 2.75) is 43.2 Å². The Hall–Kier alpha value is 0.360. The van der Waals surface area contributed by atoms with Gasteiger partial charge in [-0.3, -0.25) is 0 Å². The molecule has 6 atom stereocenters. The van der Waals surface area contributed by atoms with E-state index in [1.807, 2.05) is 0 Å². The van der Waals surface area contributed by atoms with Gasteiger partial charge in [0.15, 0.2) is 0 Å². The minimum atomic E-state index is -2.05. The zero-order valence-electron chi connectivity index (χ0n) is 10.5. The lowest BCUT2D eigenvalue weighted by molar-refractivity contribution is -0.930. The molecule has 4 rings (SSSR count). The molecule has 0 aliphatic carbocycles. The van der Waals surface area contributed by atoms with Crippen molar-refractivity contribution in [2.24, 2.45) is 0 Å². The highest BCUT2D eigenvalue weighted by molar-refractivity contribution is 5.04. The molecule has 4 heterocycles. The number of rotatable bonds is 0. The molecule has 4 bridgehead atoms. The Morgan fingerprint density at radius 3 is 2.77 bits per heavy atom. The lowest BCUT2D eigenvalue weighted by Gasteiger charge is -2.41. The average Bonchev–Trinajstić information content (AvgIpc) is 2.52. The van der Waals surface area contributed by atoms with Crippen LogP contribution < -0.4 is 17.0 Å². The smallest absolute Gasteiger partial charge is 0.141 e. The molecule has 0 amide bonds. The van der Waals surface area contributed by atoms with E-state index in [1.165, 1.54) is 0 Å². The van der Waals surface area contributed by atoms with Gasteiger partial charge in [0, 0.05) is 12.8 Å². The normalized spacial score (nSPS) is 66.9. The third-order valence-corrected chi connectivity index (χ3v) is 3.85. The number of ether oxygens (including phenoxy) is 1. The van der Waals surface area contributed by atoms with Crippen LogP contribution in [0.15, 0.2) is 0 Å². The van der Waals surface area contributed by atoms with E-state index in [4.69, 9.17) is 8.85 Å². The Labute approximate surface area is 93.2 Å². The molecular weight excluding hydrogens is 234 g/mol. The quantitative estimate of drug-likeness (QED) is 0.459. The molecule has 3 nitrogen and oxygen atoms in total. The number of likely N-dealkylation sites (N-methyl/N-ethyl adjacent to an activating group) is 1. The SMILES string of the molecule is [2H]C([2H])([2H])[N+]1(C)[C@@H]2C[C@@H]3C[C@H]1[C@@H](O3)[C@@H]2O.[Br-]. The summed E-state index contributed by atoms with van der Waals surface area (Å²) in [6.07, 6.45) is 0.802. The molecule has 0 aromatic carbocycles. The number of aliphatic hydroxyl groups is 1. The van der Waals surface area contributed by atoms with Crippen molar-refractivity contribution in [2.75, 3.05) is 14.0 Å². The molecule has 4 aliphatic heterocycles. The van der Waals surface area contributed by atoms with E-state index >= 15 is 0 Å². The van der Waals surface area contributed by atoms with Crippen LogP contribution in [0.5, 0.6) is 0 Å². The summed E-state index contributed by atoms with van der Waals surface area (Å²) in [7, 11) is 1.75. The third kappa shape index (κ3) is 1.00. The second-order valence-corrected chi connectivity index (χ2v) is 4.47. The van der Waals surface area contributed by atoms with Crippen LogP contribution in [0.1, 0.15) is 17.0 Å². The van der Waals surface area contributed by atoms with E-state index in [2.05, 4.69) is 0 Å². The van der Waals surface area contributed by atoms with Gasteiger partial charge in [-0.15, -0.1) is 0 Å². The molecule has 0 saturated carbocycles. The van der Waals surface area contributed by atoms with Crippen molar-refractivity contribution in [1.82, 2.24) is 0 Å². The van der Waals surface area contributed by atoms with E-state index in [-0.39, 0.29) is 45.8 Å². The fourth-order valence-electron chi connectivity index (χ4n) is 3.17. The summed E-state index contributed by atoms with van der Waals surface area (Å²) in [5.41, 5.74) is 0. The summed E-state index contributed by atoms with van der Waals surface area (Å²) >= 11 is 0. The van der Waals surface area contributed by atoms with E-state index in [1.54, 1.807) is 7.05 Å². The van der Waals surface area contributed by atoms with Crippen LogP contribution in [0.2, 0.25) is 0 Å². The first-order chi connectivity index (χ1) is 6.85. The van der Waals surface area contributed by atoms with Crippen molar-refractivity contribution in [3.8, 4) is 0 Å². The lowest BCUT2D eigenvalue weighted by Crippen LogP contribution is -3.00. The van der Waals surface area contributed by atoms with Gasteiger partial charge in [-0.1, -0.05) is 0 Å². The molecule has 4 fully saturated rings. The molecule has 1 N–H and O–H groups in total. The predicted molar refractivity (Wildman–Crippen MR) is 43.6 cm³/mol. The van der Waals surface area contributed by atoms with E-state index < -0.39 is 13.1 Å². The van der Waals surface area contributed by atoms with Crippen molar-refractivity contribution in [3.05, 3.63) is 0 Å². The summed E-state index contributed by atoms with van der Waals surface area (Å²) in [6, 6.07) is -0.212. The number of piperidine rings is 1. The highest BCUT2D eigenvalue weighted by Gasteiger charge is 2.66. The fraction of sp³-hybridized carbons (Fsp3) is 1.00. The van der Waals surface area contributed by atoms with Crippen molar-refractivity contribution >= 4 is 0 Å². The van der Waals surface area contributed by atoms with Gasteiger partial charge in [0.2, 0.25) is 0 Å². The Bertz CT molecular complexity index is 310. The van der Waals surface area contributed by atoms with Crippen molar-refractivity contribution in [1.29, 1.82) is 0 Å². The fourth-order valence-corrected chi connectivity index (χ4v) is 3.17. The minimum absolute atomic E-state index is 0. The maximum atomic E-state index is 10.0. The number of quaternary nitrogens is 1.